The lowest BCUT2D eigenvalue weighted by molar-refractivity contribution is 0.390. The van der Waals surface area contributed by atoms with Crippen LogP contribution in [0.4, 0.5) is 0 Å². The number of hydrogen-bond acceptors (Lipinski definition) is 4. The molecule has 0 amide bonds. The Kier molecular flexibility index (Phi) is 4.80. The van der Waals surface area contributed by atoms with Gasteiger partial charge in [0, 0.05) is 19.0 Å². The summed E-state index contributed by atoms with van der Waals surface area (Å²) < 4.78 is 31.8. The van der Waals surface area contributed by atoms with E-state index in [1.54, 1.807) is 25.1 Å². The average molecular weight is 308 g/mol. The van der Waals surface area contributed by atoms with Gasteiger partial charge in [-0.1, -0.05) is 31.1 Å². The third kappa shape index (κ3) is 4.15. The quantitative estimate of drug-likeness (QED) is 0.890. The Hall–Kier alpha value is -1.66. The van der Waals surface area contributed by atoms with Crippen molar-refractivity contribution in [2.24, 2.45) is 0 Å². The van der Waals surface area contributed by atoms with Crippen molar-refractivity contribution in [3.8, 4) is 0 Å². The van der Waals surface area contributed by atoms with Crippen LogP contribution in [0.3, 0.4) is 0 Å². The van der Waals surface area contributed by atoms with Crippen LogP contribution in [0.25, 0.3) is 0 Å². The number of aromatic nitrogens is 1. The summed E-state index contributed by atoms with van der Waals surface area (Å²) in [6.45, 7) is 6.24. The summed E-state index contributed by atoms with van der Waals surface area (Å²) in [5.74, 6) is 1.10. The molecule has 1 heterocycles. The molecule has 5 nitrogen and oxygen atoms in total. The molecule has 0 unspecified atom stereocenters. The average Bonchev–Trinajstić information content (AvgIpc) is 2.84. The molecule has 0 fully saturated rings. The van der Waals surface area contributed by atoms with E-state index in [1.165, 1.54) is 0 Å². The van der Waals surface area contributed by atoms with Gasteiger partial charge in [-0.3, -0.25) is 0 Å². The number of rotatable bonds is 6. The van der Waals surface area contributed by atoms with Gasteiger partial charge in [0.15, 0.2) is 0 Å². The third-order valence-corrected chi connectivity index (χ3v) is 4.68. The zero-order valence-corrected chi connectivity index (χ0v) is 13.3. The number of aryl methyl sites for hydroxylation is 1. The summed E-state index contributed by atoms with van der Waals surface area (Å²) in [6, 6.07) is 8.77. The van der Waals surface area contributed by atoms with E-state index in [2.05, 4.69) is 23.7 Å². The highest BCUT2D eigenvalue weighted by Crippen LogP contribution is 2.17. The number of nitrogens with zero attached hydrogens (tertiary/aromatic N) is 1. The molecule has 0 atom stereocenters. The maximum atomic E-state index is 12.2. The van der Waals surface area contributed by atoms with Gasteiger partial charge in [-0.05, 0) is 30.5 Å². The van der Waals surface area contributed by atoms with E-state index in [0.717, 1.165) is 17.0 Å². The zero-order chi connectivity index (χ0) is 15.5. The van der Waals surface area contributed by atoms with E-state index < -0.39 is 10.0 Å². The Balaban J connectivity index is 1.97. The SMILES string of the molecule is Cc1cc(CCNS(=O)(=O)c2ccc(C(C)C)cc2)no1. The molecule has 0 aliphatic rings. The van der Waals surface area contributed by atoms with Crippen LogP contribution in [-0.2, 0) is 16.4 Å². The van der Waals surface area contributed by atoms with Gasteiger partial charge in [0.05, 0.1) is 10.6 Å². The molecule has 0 bridgehead atoms. The zero-order valence-electron chi connectivity index (χ0n) is 12.5. The van der Waals surface area contributed by atoms with Gasteiger partial charge in [0.1, 0.15) is 5.76 Å². The minimum atomic E-state index is -3.47. The van der Waals surface area contributed by atoms with E-state index in [9.17, 15) is 8.42 Å². The molecule has 0 spiro atoms. The van der Waals surface area contributed by atoms with Gasteiger partial charge < -0.3 is 4.52 Å². The molecular weight excluding hydrogens is 288 g/mol. The Bertz CT molecular complexity index is 688. The molecule has 21 heavy (non-hydrogen) atoms. The normalized spacial score (nSPS) is 12.0. The van der Waals surface area contributed by atoms with Crippen molar-refractivity contribution < 1.29 is 12.9 Å². The predicted molar refractivity (Wildman–Crippen MR) is 80.7 cm³/mol. The smallest absolute Gasteiger partial charge is 0.240 e. The van der Waals surface area contributed by atoms with Gasteiger partial charge in [0.2, 0.25) is 10.0 Å². The van der Waals surface area contributed by atoms with Crippen molar-refractivity contribution in [1.29, 1.82) is 0 Å². The van der Waals surface area contributed by atoms with Crippen molar-refractivity contribution >= 4 is 10.0 Å². The van der Waals surface area contributed by atoms with Crippen LogP contribution in [-0.4, -0.2) is 20.1 Å². The second-order valence-corrected chi connectivity index (χ2v) is 7.07. The molecule has 0 saturated carbocycles. The predicted octanol–water partition coefficient (Wildman–Crippen LogP) is 2.63. The minimum absolute atomic E-state index is 0.281. The summed E-state index contributed by atoms with van der Waals surface area (Å²) in [5, 5.41) is 3.83. The van der Waals surface area contributed by atoms with Crippen LogP contribution in [0.15, 0.2) is 39.8 Å². The molecule has 2 aromatic rings. The maximum Gasteiger partial charge on any atom is 0.240 e. The van der Waals surface area contributed by atoms with Crippen LogP contribution in [0.5, 0.6) is 0 Å². The summed E-state index contributed by atoms with van der Waals surface area (Å²) in [5.41, 5.74) is 1.86. The Morgan fingerprint density at radius 3 is 2.43 bits per heavy atom. The van der Waals surface area contributed by atoms with Crippen LogP contribution in [0, 0.1) is 6.92 Å². The standard InChI is InChI=1S/C15H20N2O3S/c1-11(2)13-4-6-15(7-5-13)21(18,19)16-9-8-14-10-12(3)20-17-14/h4-7,10-11,16H,8-9H2,1-3H3. The van der Waals surface area contributed by atoms with Crippen molar-refractivity contribution in [3.05, 3.63) is 47.3 Å². The van der Waals surface area contributed by atoms with Crippen molar-refractivity contribution in [3.63, 3.8) is 0 Å². The lowest BCUT2D eigenvalue weighted by atomic mass is 10.0. The fraction of sp³-hybridized carbons (Fsp3) is 0.400. The highest BCUT2D eigenvalue weighted by molar-refractivity contribution is 7.89. The summed E-state index contributed by atoms with van der Waals surface area (Å²) in [7, 11) is -3.47. The van der Waals surface area contributed by atoms with Crippen LogP contribution in [0.2, 0.25) is 0 Å². The van der Waals surface area contributed by atoms with E-state index >= 15 is 0 Å². The fourth-order valence-electron chi connectivity index (χ4n) is 1.96. The first-order valence-electron chi connectivity index (χ1n) is 6.90. The van der Waals surface area contributed by atoms with Crippen molar-refractivity contribution in [2.75, 3.05) is 6.54 Å². The summed E-state index contributed by atoms with van der Waals surface area (Å²) >= 11 is 0. The van der Waals surface area contributed by atoms with E-state index in [-0.39, 0.29) is 4.90 Å². The van der Waals surface area contributed by atoms with Crippen molar-refractivity contribution in [1.82, 2.24) is 9.88 Å². The van der Waals surface area contributed by atoms with Crippen LogP contribution in [0.1, 0.15) is 36.8 Å². The molecule has 2 rings (SSSR count). The summed E-state index contributed by atoms with van der Waals surface area (Å²) in [4.78, 5) is 0.281. The monoisotopic (exact) mass is 308 g/mol. The Labute approximate surface area is 125 Å². The first-order valence-corrected chi connectivity index (χ1v) is 8.38. The van der Waals surface area contributed by atoms with Gasteiger partial charge >= 0.3 is 0 Å². The van der Waals surface area contributed by atoms with Crippen molar-refractivity contribution in [2.45, 2.75) is 38.0 Å². The molecule has 114 valence electrons. The van der Waals surface area contributed by atoms with Gasteiger partial charge in [0.25, 0.3) is 0 Å². The molecule has 1 N–H and O–H groups in total. The van der Waals surface area contributed by atoms with Gasteiger partial charge in [-0.15, -0.1) is 0 Å². The molecule has 0 saturated heterocycles. The maximum absolute atomic E-state index is 12.2. The first-order chi connectivity index (χ1) is 9.88. The Morgan fingerprint density at radius 2 is 1.90 bits per heavy atom. The lowest BCUT2D eigenvalue weighted by Crippen LogP contribution is -2.26. The summed E-state index contributed by atoms with van der Waals surface area (Å²) in [6.07, 6.45) is 0.501. The molecule has 6 heteroatoms. The number of nitrogens with one attached hydrogen (secondary N) is 1. The number of sulfonamides is 1. The topological polar surface area (TPSA) is 72.2 Å². The molecule has 1 aromatic heterocycles. The van der Waals surface area contributed by atoms with E-state index in [4.69, 9.17) is 4.52 Å². The van der Waals surface area contributed by atoms with E-state index in [0.29, 0.717) is 18.9 Å². The molecule has 0 aliphatic heterocycles. The van der Waals surface area contributed by atoms with Crippen LogP contribution < -0.4 is 4.72 Å². The second-order valence-electron chi connectivity index (χ2n) is 5.30. The molecule has 1 aromatic carbocycles. The van der Waals surface area contributed by atoms with Crippen LogP contribution >= 0.6 is 0 Å². The first kappa shape index (κ1) is 15.7. The fourth-order valence-corrected chi connectivity index (χ4v) is 3.00. The molecular formula is C15H20N2O3S. The number of benzene rings is 1. The largest absolute Gasteiger partial charge is 0.361 e. The number of hydrogen-bond donors (Lipinski definition) is 1. The highest BCUT2D eigenvalue weighted by atomic mass is 32.2. The highest BCUT2D eigenvalue weighted by Gasteiger charge is 2.14. The second kappa shape index (κ2) is 6.41. The minimum Gasteiger partial charge on any atom is -0.361 e. The third-order valence-electron chi connectivity index (χ3n) is 3.21. The molecule has 0 aliphatic carbocycles. The lowest BCUT2D eigenvalue weighted by Gasteiger charge is -2.08. The van der Waals surface area contributed by atoms with E-state index in [1.807, 2.05) is 12.1 Å². The molecule has 0 radical (unpaired) electrons. The van der Waals surface area contributed by atoms with Gasteiger partial charge in [-0.2, -0.15) is 0 Å². The Morgan fingerprint density at radius 1 is 1.24 bits per heavy atom. The van der Waals surface area contributed by atoms with Gasteiger partial charge in [-0.25, -0.2) is 13.1 Å².